The molecule has 0 bridgehead atoms. The van der Waals surface area contributed by atoms with Crippen LogP contribution in [0.25, 0.3) is 0 Å². The fourth-order valence-corrected chi connectivity index (χ4v) is 2.77. The molecule has 130 valence electrons. The van der Waals surface area contributed by atoms with E-state index in [1.54, 1.807) is 0 Å². The van der Waals surface area contributed by atoms with Crippen LogP contribution in [0.1, 0.15) is 46.0 Å². The first kappa shape index (κ1) is 19.4. The van der Waals surface area contributed by atoms with Gasteiger partial charge in [-0.1, -0.05) is 13.8 Å². The van der Waals surface area contributed by atoms with Gasteiger partial charge < -0.3 is 19.9 Å². The summed E-state index contributed by atoms with van der Waals surface area (Å²) in [6.07, 6.45) is 5.02. The van der Waals surface area contributed by atoms with Gasteiger partial charge in [0.25, 0.3) is 0 Å². The number of carbonyl (C=O) groups is 1. The number of rotatable bonds is 12. The number of nitrogens with zero attached hydrogens (tertiary/aromatic N) is 2. The van der Waals surface area contributed by atoms with Crippen molar-refractivity contribution in [2.75, 3.05) is 59.0 Å². The maximum atomic E-state index is 11.7. The molecule has 1 aliphatic rings. The van der Waals surface area contributed by atoms with E-state index in [-0.39, 0.29) is 5.91 Å². The largest absolute Gasteiger partial charge is 0.380 e. The van der Waals surface area contributed by atoms with Crippen molar-refractivity contribution in [2.24, 2.45) is 0 Å². The molecule has 0 radical (unpaired) electrons. The Hall–Kier alpha value is -0.650. The zero-order chi connectivity index (χ0) is 16.0. The molecule has 1 aliphatic heterocycles. The molecule has 1 amide bonds. The van der Waals surface area contributed by atoms with Gasteiger partial charge in [0.05, 0.1) is 6.61 Å². The second kappa shape index (κ2) is 12.9. The molecule has 0 atom stereocenters. The fourth-order valence-electron chi connectivity index (χ4n) is 2.77. The molecule has 0 aromatic rings. The summed E-state index contributed by atoms with van der Waals surface area (Å²) in [5.41, 5.74) is 0. The van der Waals surface area contributed by atoms with Gasteiger partial charge in [0, 0.05) is 45.8 Å². The Kier molecular flexibility index (Phi) is 11.3. The van der Waals surface area contributed by atoms with Gasteiger partial charge in [0.2, 0.25) is 5.91 Å². The lowest BCUT2D eigenvalue weighted by Crippen LogP contribution is -2.46. The van der Waals surface area contributed by atoms with Crippen LogP contribution in [0, 0.1) is 0 Å². The molecule has 1 saturated heterocycles. The number of ether oxygens (including phenoxy) is 1. The Morgan fingerprint density at radius 3 is 2.27 bits per heavy atom. The quantitative estimate of drug-likeness (QED) is 0.557. The molecule has 0 aromatic heterocycles. The number of amides is 1. The van der Waals surface area contributed by atoms with Crippen LogP contribution in [0.4, 0.5) is 0 Å². The van der Waals surface area contributed by atoms with Crippen molar-refractivity contribution in [1.29, 1.82) is 0 Å². The van der Waals surface area contributed by atoms with E-state index in [9.17, 15) is 4.79 Å². The van der Waals surface area contributed by atoms with Gasteiger partial charge in [-0.15, -0.1) is 0 Å². The molecule has 0 aromatic carbocycles. The number of nitrogens with one attached hydrogen (secondary N) is 1. The first-order valence-corrected chi connectivity index (χ1v) is 9.05. The van der Waals surface area contributed by atoms with Gasteiger partial charge in [-0.3, -0.25) is 4.79 Å². The van der Waals surface area contributed by atoms with Crippen molar-refractivity contribution in [3.05, 3.63) is 0 Å². The molecular weight excluding hydrogens is 278 g/mol. The molecular formula is C17H35N3O2. The monoisotopic (exact) mass is 313 g/mol. The predicted molar refractivity (Wildman–Crippen MR) is 91.1 cm³/mol. The Balaban J connectivity index is 1.91. The summed E-state index contributed by atoms with van der Waals surface area (Å²) < 4.78 is 5.34. The second-order valence-corrected chi connectivity index (χ2v) is 6.10. The third kappa shape index (κ3) is 9.38. The van der Waals surface area contributed by atoms with Gasteiger partial charge >= 0.3 is 0 Å². The van der Waals surface area contributed by atoms with E-state index in [1.165, 1.54) is 39.1 Å². The zero-order valence-electron chi connectivity index (χ0n) is 14.6. The minimum atomic E-state index is 0.160. The number of unbranched alkanes of at least 4 members (excludes halogenated alkanes) is 1. The topological polar surface area (TPSA) is 44.8 Å². The molecule has 1 heterocycles. The lowest BCUT2D eigenvalue weighted by molar-refractivity contribution is -0.121. The van der Waals surface area contributed by atoms with Gasteiger partial charge in [-0.05, 0) is 38.8 Å². The molecule has 1 fully saturated rings. The molecule has 5 nitrogen and oxygen atoms in total. The van der Waals surface area contributed by atoms with Crippen LogP contribution >= 0.6 is 0 Å². The van der Waals surface area contributed by atoms with Gasteiger partial charge in [0.15, 0.2) is 0 Å². The third-order valence-electron chi connectivity index (χ3n) is 4.05. The van der Waals surface area contributed by atoms with E-state index in [0.717, 1.165) is 32.4 Å². The summed E-state index contributed by atoms with van der Waals surface area (Å²) in [4.78, 5) is 16.7. The molecule has 1 N–H and O–H groups in total. The summed E-state index contributed by atoms with van der Waals surface area (Å²) >= 11 is 0. The average Bonchev–Trinajstić information content (AvgIpc) is 2.53. The van der Waals surface area contributed by atoms with E-state index in [2.05, 4.69) is 29.0 Å². The van der Waals surface area contributed by atoms with Crippen molar-refractivity contribution in [1.82, 2.24) is 15.1 Å². The minimum Gasteiger partial charge on any atom is -0.380 e. The Bertz CT molecular complexity index is 279. The average molecular weight is 313 g/mol. The first-order chi connectivity index (χ1) is 10.8. The van der Waals surface area contributed by atoms with Crippen LogP contribution in [0.5, 0.6) is 0 Å². The third-order valence-corrected chi connectivity index (χ3v) is 4.05. The molecule has 1 rings (SSSR count). The summed E-state index contributed by atoms with van der Waals surface area (Å²) in [5.74, 6) is 0.160. The molecule has 0 aliphatic carbocycles. The Morgan fingerprint density at radius 1 is 0.955 bits per heavy atom. The van der Waals surface area contributed by atoms with Gasteiger partial charge in [-0.25, -0.2) is 0 Å². The fraction of sp³-hybridized carbons (Fsp3) is 0.941. The number of carbonyl (C=O) groups excluding carboxylic acids is 1. The van der Waals surface area contributed by atoms with Crippen LogP contribution in [-0.4, -0.2) is 74.7 Å². The van der Waals surface area contributed by atoms with Crippen molar-refractivity contribution in [3.8, 4) is 0 Å². The van der Waals surface area contributed by atoms with Crippen LogP contribution < -0.4 is 5.32 Å². The van der Waals surface area contributed by atoms with Crippen molar-refractivity contribution in [2.45, 2.75) is 46.0 Å². The standard InChI is InChI=1S/C17H35N3O2/c1-3-9-19-11-13-20(14-12-19)10-6-5-7-17(21)18-8-16-22-15-4-2/h3-16H2,1-2H3,(H,18,21). The van der Waals surface area contributed by atoms with E-state index >= 15 is 0 Å². The highest BCUT2D eigenvalue weighted by Crippen LogP contribution is 2.05. The Morgan fingerprint density at radius 2 is 1.64 bits per heavy atom. The van der Waals surface area contributed by atoms with Crippen molar-refractivity contribution in [3.63, 3.8) is 0 Å². The summed E-state index contributed by atoms with van der Waals surface area (Å²) in [6, 6.07) is 0. The lowest BCUT2D eigenvalue weighted by Gasteiger charge is -2.34. The summed E-state index contributed by atoms with van der Waals surface area (Å²) in [5, 5.41) is 2.92. The smallest absolute Gasteiger partial charge is 0.220 e. The number of piperazine rings is 1. The lowest BCUT2D eigenvalue weighted by atomic mass is 10.2. The molecule has 0 spiro atoms. The van der Waals surface area contributed by atoms with Crippen LogP contribution in [0.2, 0.25) is 0 Å². The maximum Gasteiger partial charge on any atom is 0.220 e. The first-order valence-electron chi connectivity index (χ1n) is 9.05. The number of hydrogen-bond acceptors (Lipinski definition) is 4. The highest BCUT2D eigenvalue weighted by Gasteiger charge is 2.15. The van der Waals surface area contributed by atoms with Crippen molar-refractivity contribution < 1.29 is 9.53 Å². The second-order valence-electron chi connectivity index (χ2n) is 6.10. The number of hydrogen-bond donors (Lipinski definition) is 1. The van der Waals surface area contributed by atoms with Crippen LogP contribution in [0.3, 0.4) is 0 Å². The van der Waals surface area contributed by atoms with Crippen LogP contribution in [0.15, 0.2) is 0 Å². The SMILES string of the molecule is CCCOCCNC(=O)CCCCN1CCN(CCC)CC1. The van der Waals surface area contributed by atoms with Crippen LogP contribution in [-0.2, 0) is 9.53 Å². The molecule has 22 heavy (non-hydrogen) atoms. The van der Waals surface area contributed by atoms with Gasteiger partial charge in [-0.2, -0.15) is 0 Å². The minimum absolute atomic E-state index is 0.160. The van der Waals surface area contributed by atoms with E-state index in [0.29, 0.717) is 19.6 Å². The summed E-state index contributed by atoms with van der Waals surface area (Å²) in [6.45, 7) is 13.5. The van der Waals surface area contributed by atoms with E-state index in [4.69, 9.17) is 4.74 Å². The van der Waals surface area contributed by atoms with E-state index < -0.39 is 0 Å². The molecule has 0 unspecified atom stereocenters. The van der Waals surface area contributed by atoms with Crippen molar-refractivity contribution >= 4 is 5.91 Å². The van der Waals surface area contributed by atoms with E-state index in [1.807, 2.05) is 0 Å². The van der Waals surface area contributed by atoms with Gasteiger partial charge in [0.1, 0.15) is 0 Å². The Labute approximate surface area is 136 Å². The summed E-state index contributed by atoms with van der Waals surface area (Å²) in [7, 11) is 0. The highest BCUT2D eigenvalue weighted by atomic mass is 16.5. The molecule has 5 heteroatoms. The normalized spacial score (nSPS) is 16.8. The highest BCUT2D eigenvalue weighted by molar-refractivity contribution is 5.75. The predicted octanol–water partition coefficient (Wildman–Crippen LogP) is 1.73. The maximum absolute atomic E-state index is 11.7. The molecule has 0 saturated carbocycles. The zero-order valence-corrected chi connectivity index (χ0v) is 14.6.